The van der Waals surface area contributed by atoms with Gasteiger partial charge < -0.3 is 0 Å². The summed E-state index contributed by atoms with van der Waals surface area (Å²) in [6.07, 6.45) is 1.67. The molecule has 0 atom stereocenters. The van der Waals surface area contributed by atoms with Crippen LogP contribution in [0.25, 0.3) is 11.3 Å². The van der Waals surface area contributed by atoms with Crippen LogP contribution in [0.3, 0.4) is 0 Å². The maximum atomic E-state index is 5.76. The van der Waals surface area contributed by atoms with Crippen molar-refractivity contribution in [3.05, 3.63) is 46.9 Å². The van der Waals surface area contributed by atoms with Crippen LogP contribution < -0.4 is 0 Å². The Morgan fingerprint density at radius 2 is 1.93 bits per heavy atom. The van der Waals surface area contributed by atoms with Gasteiger partial charge >= 0.3 is 0 Å². The van der Waals surface area contributed by atoms with Gasteiger partial charge in [-0.3, -0.25) is 0 Å². The molecule has 0 spiro atoms. The maximum absolute atomic E-state index is 5.76. The lowest BCUT2D eigenvalue weighted by Crippen LogP contribution is -1.89. The molecule has 0 radical (unpaired) electrons. The number of rotatable bonds is 1. The zero-order valence-electron chi connectivity index (χ0n) is 8.66. The van der Waals surface area contributed by atoms with Gasteiger partial charge in [-0.05, 0) is 37.1 Å². The first-order valence-electron chi connectivity index (χ1n) is 4.73. The zero-order valence-corrected chi connectivity index (χ0v) is 9.42. The molecule has 0 aliphatic carbocycles. The second kappa shape index (κ2) is 3.99. The molecular formula is C12H11ClN2. The number of halogens is 1. The summed E-state index contributed by atoms with van der Waals surface area (Å²) in [6.45, 7) is 4.14. The Bertz CT molecular complexity index is 495. The third kappa shape index (κ3) is 2.16. The molecule has 0 N–H and O–H groups in total. The number of hydrogen-bond donors (Lipinski definition) is 0. The Balaban J connectivity index is 2.54. The van der Waals surface area contributed by atoms with Crippen molar-refractivity contribution in [2.75, 3.05) is 0 Å². The van der Waals surface area contributed by atoms with Gasteiger partial charge in [-0.1, -0.05) is 23.8 Å². The summed E-state index contributed by atoms with van der Waals surface area (Å²) in [7, 11) is 0. The van der Waals surface area contributed by atoms with Crippen LogP contribution in [0.5, 0.6) is 0 Å². The van der Waals surface area contributed by atoms with E-state index in [9.17, 15) is 0 Å². The highest BCUT2D eigenvalue weighted by Gasteiger charge is 2.03. The van der Waals surface area contributed by atoms with Crippen LogP contribution in [-0.4, -0.2) is 9.97 Å². The van der Waals surface area contributed by atoms with E-state index in [1.54, 1.807) is 6.20 Å². The normalized spacial score (nSPS) is 10.3. The van der Waals surface area contributed by atoms with Gasteiger partial charge in [-0.2, -0.15) is 0 Å². The minimum absolute atomic E-state index is 0.285. The SMILES string of the molecule is Cc1ccc(-c2ccnc(Cl)n2)c(C)c1. The minimum Gasteiger partial charge on any atom is -0.226 e. The topological polar surface area (TPSA) is 25.8 Å². The molecule has 0 saturated carbocycles. The Morgan fingerprint density at radius 1 is 1.13 bits per heavy atom. The van der Waals surface area contributed by atoms with Gasteiger partial charge in [-0.15, -0.1) is 0 Å². The van der Waals surface area contributed by atoms with E-state index in [4.69, 9.17) is 11.6 Å². The second-order valence-electron chi connectivity index (χ2n) is 3.53. The highest BCUT2D eigenvalue weighted by Crippen LogP contribution is 2.22. The van der Waals surface area contributed by atoms with Gasteiger partial charge in [0.1, 0.15) is 0 Å². The maximum Gasteiger partial charge on any atom is 0.222 e. The van der Waals surface area contributed by atoms with Crippen LogP contribution in [-0.2, 0) is 0 Å². The van der Waals surface area contributed by atoms with E-state index in [1.807, 2.05) is 6.07 Å². The number of aryl methyl sites for hydroxylation is 2. The Labute approximate surface area is 94.0 Å². The Kier molecular flexibility index (Phi) is 2.69. The van der Waals surface area contributed by atoms with E-state index in [2.05, 4.69) is 42.0 Å². The highest BCUT2D eigenvalue weighted by atomic mass is 35.5. The van der Waals surface area contributed by atoms with Crippen LogP contribution in [0.1, 0.15) is 11.1 Å². The first-order chi connectivity index (χ1) is 7.16. The Morgan fingerprint density at radius 3 is 2.60 bits per heavy atom. The molecule has 76 valence electrons. The van der Waals surface area contributed by atoms with Crippen LogP contribution >= 0.6 is 11.6 Å². The molecule has 15 heavy (non-hydrogen) atoms. The van der Waals surface area contributed by atoms with Crippen molar-refractivity contribution in [3.63, 3.8) is 0 Å². The fourth-order valence-electron chi connectivity index (χ4n) is 1.59. The molecule has 1 heterocycles. The summed E-state index contributed by atoms with van der Waals surface area (Å²) in [5, 5.41) is 0.285. The standard InChI is InChI=1S/C12H11ClN2/c1-8-3-4-10(9(2)7-8)11-5-6-14-12(13)15-11/h3-7H,1-2H3. The molecular weight excluding hydrogens is 208 g/mol. The molecule has 0 amide bonds. The fraction of sp³-hybridized carbons (Fsp3) is 0.167. The largest absolute Gasteiger partial charge is 0.226 e. The minimum atomic E-state index is 0.285. The summed E-state index contributed by atoms with van der Waals surface area (Å²) < 4.78 is 0. The van der Waals surface area contributed by atoms with Crippen LogP contribution in [0.15, 0.2) is 30.5 Å². The monoisotopic (exact) mass is 218 g/mol. The van der Waals surface area contributed by atoms with Gasteiger partial charge in [0.25, 0.3) is 0 Å². The fourth-order valence-corrected chi connectivity index (χ4v) is 1.73. The molecule has 2 aromatic rings. The first-order valence-corrected chi connectivity index (χ1v) is 5.11. The van der Waals surface area contributed by atoms with Crippen molar-refractivity contribution in [3.8, 4) is 11.3 Å². The van der Waals surface area contributed by atoms with E-state index >= 15 is 0 Å². The molecule has 2 nitrogen and oxygen atoms in total. The lowest BCUT2D eigenvalue weighted by molar-refractivity contribution is 1.17. The van der Waals surface area contributed by atoms with Crippen molar-refractivity contribution >= 4 is 11.6 Å². The summed E-state index contributed by atoms with van der Waals surface area (Å²) in [5.41, 5.74) is 4.42. The molecule has 1 aromatic carbocycles. The third-order valence-electron chi connectivity index (χ3n) is 2.28. The summed E-state index contributed by atoms with van der Waals surface area (Å²) in [5.74, 6) is 0. The smallest absolute Gasteiger partial charge is 0.222 e. The molecule has 0 unspecified atom stereocenters. The van der Waals surface area contributed by atoms with Gasteiger partial charge in [0, 0.05) is 11.8 Å². The number of aromatic nitrogens is 2. The van der Waals surface area contributed by atoms with Crippen molar-refractivity contribution in [2.24, 2.45) is 0 Å². The van der Waals surface area contributed by atoms with E-state index in [0.29, 0.717) is 0 Å². The predicted octanol–water partition coefficient (Wildman–Crippen LogP) is 3.41. The molecule has 1 aromatic heterocycles. The average molecular weight is 219 g/mol. The zero-order chi connectivity index (χ0) is 10.8. The predicted molar refractivity (Wildman–Crippen MR) is 62.0 cm³/mol. The molecule has 2 rings (SSSR count). The number of nitrogens with zero attached hydrogens (tertiary/aromatic N) is 2. The van der Waals surface area contributed by atoms with Gasteiger partial charge in [0.2, 0.25) is 5.28 Å². The molecule has 3 heteroatoms. The third-order valence-corrected chi connectivity index (χ3v) is 2.47. The average Bonchev–Trinajstić information content (AvgIpc) is 2.17. The quantitative estimate of drug-likeness (QED) is 0.686. The summed E-state index contributed by atoms with van der Waals surface area (Å²) >= 11 is 5.76. The molecule has 0 saturated heterocycles. The van der Waals surface area contributed by atoms with Crippen molar-refractivity contribution in [1.82, 2.24) is 9.97 Å². The van der Waals surface area contributed by atoms with E-state index in [1.165, 1.54) is 11.1 Å². The molecule has 0 bridgehead atoms. The van der Waals surface area contributed by atoms with Crippen molar-refractivity contribution < 1.29 is 0 Å². The lowest BCUT2D eigenvalue weighted by Gasteiger charge is -2.05. The van der Waals surface area contributed by atoms with Crippen LogP contribution in [0.2, 0.25) is 5.28 Å². The highest BCUT2D eigenvalue weighted by molar-refractivity contribution is 6.28. The van der Waals surface area contributed by atoms with Crippen molar-refractivity contribution in [1.29, 1.82) is 0 Å². The first kappa shape index (κ1) is 10.1. The number of benzene rings is 1. The molecule has 0 aliphatic rings. The van der Waals surface area contributed by atoms with Gasteiger partial charge in [0.15, 0.2) is 0 Å². The van der Waals surface area contributed by atoms with E-state index in [0.717, 1.165) is 11.3 Å². The van der Waals surface area contributed by atoms with Gasteiger partial charge in [0.05, 0.1) is 5.69 Å². The van der Waals surface area contributed by atoms with Crippen LogP contribution in [0.4, 0.5) is 0 Å². The Hall–Kier alpha value is -1.41. The summed E-state index contributed by atoms with van der Waals surface area (Å²) in [4.78, 5) is 8.06. The number of hydrogen-bond acceptors (Lipinski definition) is 2. The molecule has 0 fully saturated rings. The van der Waals surface area contributed by atoms with E-state index in [-0.39, 0.29) is 5.28 Å². The van der Waals surface area contributed by atoms with Crippen molar-refractivity contribution in [2.45, 2.75) is 13.8 Å². The summed E-state index contributed by atoms with van der Waals surface area (Å²) in [6, 6.07) is 8.12. The van der Waals surface area contributed by atoms with E-state index < -0.39 is 0 Å². The molecule has 0 aliphatic heterocycles. The van der Waals surface area contributed by atoms with Gasteiger partial charge in [-0.25, -0.2) is 9.97 Å². The lowest BCUT2D eigenvalue weighted by atomic mass is 10.0. The second-order valence-corrected chi connectivity index (χ2v) is 3.87. The van der Waals surface area contributed by atoms with Crippen LogP contribution in [0, 0.1) is 13.8 Å².